The summed E-state index contributed by atoms with van der Waals surface area (Å²) in [4.78, 5) is 13.3. The zero-order chi connectivity index (χ0) is 11.5. The van der Waals surface area contributed by atoms with Crippen LogP contribution in [0.4, 0.5) is 0 Å². The van der Waals surface area contributed by atoms with Crippen molar-refractivity contribution >= 4 is 17.4 Å². The Hall–Kier alpha value is -1.75. The highest BCUT2D eigenvalue weighted by Crippen LogP contribution is 2.14. The van der Waals surface area contributed by atoms with E-state index in [1.54, 1.807) is 31.2 Å². The molecule has 1 heterocycles. The maximum Gasteiger partial charge on any atom is 0.188 e. The highest BCUT2D eigenvalue weighted by atomic mass is 35.5. The first-order valence-electron chi connectivity index (χ1n) is 4.71. The van der Waals surface area contributed by atoms with Crippen LogP contribution in [0.2, 0.25) is 5.02 Å². The van der Waals surface area contributed by atoms with Crippen molar-refractivity contribution in [3.63, 3.8) is 0 Å². The standard InChI is InChI=1S/C10H9ClN4O/c1-7(15-13-6-12-14-15)10(16)8-2-4-9(11)5-3-8/h2-7H,1H3. The van der Waals surface area contributed by atoms with Crippen LogP contribution < -0.4 is 0 Å². The molecule has 0 aliphatic carbocycles. The van der Waals surface area contributed by atoms with Gasteiger partial charge in [-0.3, -0.25) is 4.79 Å². The fourth-order valence-corrected chi connectivity index (χ4v) is 1.44. The van der Waals surface area contributed by atoms with E-state index in [4.69, 9.17) is 11.6 Å². The van der Waals surface area contributed by atoms with Crippen molar-refractivity contribution in [2.75, 3.05) is 0 Å². The Bertz CT molecular complexity index is 480. The second-order valence-electron chi connectivity index (χ2n) is 3.30. The summed E-state index contributed by atoms with van der Waals surface area (Å²) in [6.07, 6.45) is 1.30. The van der Waals surface area contributed by atoms with Crippen molar-refractivity contribution in [3.05, 3.63) is 41.2 Å². The van der Waals surface area contributed by atoms with Gasteiger partial charge in [0.1, 0.15) is 6.04 Å². The smallest absolute Gasteiger partial charge is 0.188 e. The van der Waals surface area contributed by atoms with E-state index in [1.165, 1.54) is 11.1 Å². The Morgan fingerprint density at radius 3 is 2.62 bits per heavy atom. The number of halogens is 1. The van der Waals surface area contributed by atoms with E-state index >= 15 is 0 Å². The van der Waals surface area contributed by atoms with Crippen LogP contribution in [0.1, 0.15) is 23.3 Å². The van der Waals surface area contributed by atoms with Gasteiger partial charge in [-0.05, 0) is 36.4 Å². The zero-order valence-electron chi connectivity index (χ0n) is 8.54. The Labute approximate surface area is 97.0 Å². The molecule has 0 saturated heterocycles. The van der Waals surface area contributed by atoms with Crippen LogP contribution >= 0.6 is 11.6 Å². The van der Waals surface area contributed by atoms with Crippen molar-refractivity contribution < 1.29 is 4.79 Å². The van der Waals surface area contributed by atoms with Gasteiger partial charge in [0, 0.05) is 10.6 Å². The summed E-state index contributed by atoms with van der Waals surface area (Å²) < 4.78 is 0. The molecule has 1 atom stereocenters. The fourth-order valence-electron chi connectivity index (χ4n) is 1.31. The Morgan fingerprint density at radius 2 is 2.06 bits per heavy atom. The van der Waals surface area contributed by atoms with Crippen LogP contribution in [0.3, 0.4) is 0 Å². The summed E-state index contributed by atoms with van der Waals surface area (Å²) in [6.45, 7) is 1.72. The van der Waals surface area contributed by atoms with Gasteiger partial charge in [-0.15, -0.1) is 10.2 Å². The van der Waals surface area contributed by atoms with Gasteiger partial charge < -0.3 is 0 Å². The second-order valence-corrected chi connectivity index (χ2v) is 3.74. The number of ketones is 1. The first-order valence-corrected chi connectivity index (χ1v) is 5.08. The van der Waals surface area contributed by atoms with Crippen LogP contribution in [-0.2, 0) is 0 Å². The fraction of sp³-hybridized carbons (Fsp3) is 0.200. The first-order chi connectivity index (χ1) is 7.68. The van der Waals surface area contributed by atoms with Gasteiger partial charge in [-0.2, -0.15) is 4.80 Å². The minimum atomic E-state index is -0.469. The number of rotatable bonds is 3. The highest BCUT2D eigenvalue weighted by Gasteiger charge is 2.18. The highest BCUT2D eigenvalue weighted by molar-refractivity contribution is 6.30. The molecule has 0 aliphatic heterocycles. The van der Waals surface area contributed by atoms with Crippen LogP contribution in [0, 0.1) is 0 Å². The molecule has 2 aromatic rings. The number of benzene rings is 1. The molecule has 0 saturated carbocycles. The number of nitrogens with zero attached hydrogens (tertiary/aromatic N) is 4. The number of carbonyl (C=O) groups is 1. The number of hydrogen-bond donors (Lipinski definition) is 0. The lowest BCUT2D eigenvalue weighted by Crippen LogP contribution is -2.19. The molecule has 0 N–H and O–H groups in total. The summed E-state index contributed by atoms with van der Waals surface area (Å²) in [5, 5.41) is 11.7. The molecule has 82 valence electrons. The third-order valence-electron chi connectivity index (χ3n) is 2.22. The Kier molecular flexibility index (Phi) is 2.96. The van der Waals surface area contributed by atoms with Crippen molar-refractivity contribution in [1.29, 1.82) is 0 Å². The van der Waals surface area contributed by atoms with E-state index in [9.17, 15) is 4.79 Å². The quantitative estimate of drug-likeness (QED) is 0.762. The van der Waals surface area contributed by atoms with Gasteiger partial charge in [0.05, 0.1) is 0 Å². The minimum Gasteiger partial charge on any atom is -0.292 e. The SMILES string of the molecule is CC(C(=O)c1ccc(Cl)cc1)n1ncnn1. The van der Waals surface area contributed by atoms with E-state index in [0.29, 0.717) is 10.6 Å². The molecule has 0 bridgehead atoms. The number of carbonyl (C=O) groups excluding carboxylic acids is 1. The molecule has 0 spiro atoms. The Balaban J connectivity index is 2.22. The predicted octanol–water partition coefficient (Wildman–Crippen LogP) is 1.77. The van der Waals surface area contributed by atoms with Gasteiger partial charge in [0.2, 0.25) is 0 Å². The number of aromatic nitrogens is 4. The van der Waals surface area contributed by atoms with Crippen molar-refractivity contribution in [1.82, 2.24) is 20.2 Å². The lowest BCUT2D eigenvalue weighted by molar-refractivity contribution is 0.0918. The molecule has 6 heteroatoms. The van der Waals surface area contributed by atoms with E-state index in [-0.39, 0.29) is 5.78 Å². The molecule has 2 rings (SSSR count). The largest absolute Gasteiger partial charge is 0.292 e. The molecular weight excluding hydrogens is 228 g/mol. The van der Waals surface area contributed by atoms with Crippen molar-refractivity contribution in [3.8, 4) is 0 Å². The molecule has 1 unspecified atom stereocenters. The van der Waals surface area contributed by atoms with Crippen LogP contribution in [0.5, 0.6) is 0 Å². The van der Waals surface area contributed by atoms with E-state index in [1.807, 2.05) is 0 Å². The third-order valence-corrected chi connectivity index (χ3v) is 2.47. The molecule has 0 aliphatic rings. The summed E-state index contributed by atoms with van der Waals surface area (Å²) >= 11 is 5.74. The molecule has 0 radical (unpaired) electrons. The van der Waals surface area contributed by atoms with Crippen LogP contribution in [0.15, 0.2) is 30.6 Å². The normalized spacial score (nSPS) is 12.4. The molecule has 0 fully saturated rings. The maximum absolute atomic E-state index is 12.0. The zero-order valence-corrected chi connectivity index (χ0v) is 9.30. The first kappa shape index (κ1) is 10.8. The molecule has 16 heavy (non-hydrogen) atoms. The average molecular weight is 237 g/mol. The molecule has 0 amide bonds. The molecule has 1 aromatic heterocycles. The number of hydrogen-bond acceptors (Lipinski definition) is 4. The van der Waals surface area contributed by atoms with Gasteiger partial charge in [-0.25, -0.2) is 0 Å². The maximum atomic E-state index is 12.0. The van der Waals surface area contributed by atoms with E-state index in [0.717, 1.165) is 0 Å². The predicted molar refractivity (Wildman–Crippen MR) is 58.3 cm³/mol. The lowest BCUT2D eigenvalue weighted by Gasteiger charge is -2.08. The molecule has 5 nitrogen and oxygen atoms in total. The van der Waals surface area contributed by atoms with Gasteiger partial charge >= 0.3 is 0 Å². The summed E-state index contributed by atoms with van der Waals surface area (Å²) in [6, 6.07) is 6.24. The van der Waals surface area contributed by atoms with E-state index in [2.05, 4.69) is 15.4 Å². The monoisotopic (exact) mass is 236 g/mol. The van der Waals surface area contributed by atoms with Crippen molar-refractivity contribution in [2.24, 2.45) is 0 Å². The minimum absolute atomic E-state index is 0.0744. The number of tetrazole rings is 1. The van der Waals surface area contributed by atoms with Gasteiger partial charge in [-0.1, -0.05) is 11.6 Å². The average Bonchev–Trinajstić information content (AvgIpc) is 2.81. The molecular formula is C10H9ClN4O. The Morgan fingerprint density at radius 1 is 1.38 bits per heavy atom. The summed E-state index contributed by atoms with van der Waals surface area (Å²) in [5.41, 5.74) is 0.578. The van der Waals surface area contributed by atoms with Crippen LogP contribution in [0.25, 0.3) is 0 Å². The summed E-state index contributed by atoms with van der Waals surface area (Å²) in [7, 11) is 0. The third kappa shape index (κ3) is 2.09. The number of Topliss-reactive ketones (excluding diaryl/α,β-unsaturated/α-hetero) is 1. The van der Waals surface area contributed by atoms with Gasteiger partial charge in [0.25, 0.3) is 0 Å². The summed E-state index contributed by atoms with van der Waals surface area (Å²) in [5.74, 6) is -0.0744. The van der Waals surface area contributed by atoms with Crippen molar-refractivity contribution in [2.45, 2.75) is 13.0 Å². The molecule has 1 aromatic carbocycles. The van der Waals surface area contributed by atoms with Crippen LogP contribution in [-0.4, -0.2) is 26.0 Å². The van der Waals surface area contributed by atoms with E-state index < -0.39 is 6.04 Å². The topological polar surface area (TPSA) is 60.7 Å². The van der Waals surface area contributed by atoms with Gasteiger partial charge in [0.15, 0.2) is 12.1 Å². The lowest BCUT2D eigenvalue weighted by atomic mass is 10.1. The second kappa shape index (κ2) is 4.40.